The van der Waals surface area contributed by atoms with Crippen molar-refractivity contribution in [3.63, 3.8) is 0 Å². The van der Waals surface area contributed by atoms with E-state index in [-0.39, 0.29) is 6.04 Å². The number of likely N-dealkylation sites (tertiary alicyclic amines) is 1. The van der Waals surface area contributed by atoms with Gasteiger partial charge in [0.2, 0.25) is 0 Å². The number of para-hydroxylation sites is 1. The fourth-order valence-electron chi connectivity index (χ4n) is 5.08. The van der Waals surface area contributed by atoms with Crippen LogP contribution in [0.2, 0.25) is 5.02 Å². The maximum atomic E-state index is 14.1. The van der Waals surface area contributed by atoms with E-state index in [1.165, 1.54) is 0 Å². The van der Waals surface area contributed by atoms with Crippen molar-refractivity contribution in [2.24, 2.45) is 0 Å². The number of piperidine rings is 1. The number of nitrogens with zero attached hydrogens (tertiary/aromatic N) is 2. The van der Waals surface area contributed by atoms with Crippen LogP contribution in [-0.2, 0) is 0 Å². The molecular weight excluding hydrogens is 516 g/mol. The molecule has 204 valence electrons. The summed E-state index contributed by atoms with van der Waals surface area (Å²) >= 11 is 6.17. The van der Waals surface area contributed by atoms with E-state index < -0.39 is 6.55 Å². The van der Waals surface area contributed by atoms with E-state index >= 15 is 0 Å². The Morgan fingerprint density at radius 3 is 2.36 bits per heavy atom. The highest BCUT2D eigenvalue weighted by Gasteiger charge is 2.29. The van der Waals surface area contributed by atoms with Gasteiger partial charge in [0.15, 0.2) is 0 Å². The maximum absolute atomic E-state index is 14.1. The van der Waals surface area contributed by atoms with Crippen LogP contribution in [0.15, 0.2) is 79.1 Å². The lowest BCUT2D eigenvalue weighted by atomic mass is 9.99. The predicted molar refractivity (Wildman–Crippen MR) is 157 cm³/mol. The van der Waals surface area contributed by atoms with Crippen LogP contribution in [0.25, 0.3) is 0 Å². The van der Waals surface area contributed by atoms with Gasteiger partial charge < -0.3 is 15.5 Å². The third-order valence-electron chi connectivity index (χ3n) is 7.42. The molecule has 1 heterocycles. The number of aryl methyl sites for hydroxylation is 1. The second-order valence-corrected chi connectivity index (χ2v) is 10.8. The molecule has 2 fully saturated rings. The molecule has 0 aromatic heterocycles. The quantitative estimate of drug-likeness (QED) is 0.179. The van der Waals surface area contributed by atoms with Crippen LogP contribution in [0.1, 0.15) is 42.4 Å². The van der Waals surface area contributed by atoms with Gasteiger partial charge >= 0.3 is 6.55 Å². The number of benzene rings is 3. The lowest BCUT2D eigenvalue weighted by Crippen LogP contribution is -2.44. The first kappa shape index (κ1) is 27.0. The van der Waals surface area contributed by atoms with Gasteiger partial charge in [-0.05, 0) is 74.6 Å². The summed E-state index contributed by atoms with van der Waals surface area (Å²) in [4.78, 5) is 2.98. The second kappa shape index (κ2) is 11.7. The highest BCUT2D eigenvalue weighted by molar-refractivity contribution is 6.31. The first-order valence-corrected chi connectivity index (χ1v) is 13.8. The summed E-state index contributed by atoms with van der Waals surface area (Å²) < 4.78 is 28.2. The van der Waals surface area contributed by atoms with Crippen LogP contribution in [0.3, 0.4) is 0 Å². The van der Waals surface area contributed by atoms with Crippen LogP contribution >= 0.6 is 11.6 Å². The second-order valence-electron chi connectivity index (χ2n) is 10.3. The van der Waals surface area contributed by atoms with Crippen molar-refractivity contribution in [1.29, 1.82) is 5.41 Å². The van der Waals surface area contributed by atoms with E-state index in [0.717, 1.165) is 58.6 Å². The molecule has 3 aromatic rings. The van der Waals surface area contributed by atoms with Crippen LogP contribution < -0.4 is 15.5 Å². The van der Waals surface area contributed by atoms with Crippen molar-refractivity contribution in [3.05, 3.63) is 101 Å². The van der Waals surface area contributed by atoms with E-state index in [2.05, 4.69) is 23.3 Å². The standard InChI is InChI=1S/C31H34ClF2N5/c1-20-6-3-4-9-29(20)39(31(33)34)21(2)38-16-14-25(15-17-38)36-26-12-13-27(28(19-26)37-24-10-11-24)30(35)22-7-5-8-23(32)18-22/h3-9,12-13,18-19,24-25,31,35-37H,2,10-11,14-17H2,1H3. The van der Waals surface area contributed by atoms with Crippen molar-refractivity contribution in [3.8, 4) is 0 Å². The zero-order valence-corrected chi connectivity index (χ0v) is 22.8. The molecule has 3 N–H and O–H groups in total. The maximum Gasteiger partial charge on any atom is 0.320 e. The first-order chi connectivity index (χ1) is 18.8. The summed E-state index contributed by atoms with van der Waals surface area (Å²) in [6.07, 6.45) is 3.86. The van der Waals surface area contributed by atoms with Gasteiger partial charge in [0.1, 0.15) is 5.82 Å². The molecule has 2 aliphatic rings. The normalized spacial score (nSPS) is 15.8. The van der Waals surface area contributed by atoms with Crippen LogP contribution in [-0.4, -0.2) is 42.3 Å². The molecule has 0 unspecified atom stereocenters. The fourth-order valence-corrected chi connectivity index (χ4v) is 5.27. The Kier molecular flexibility index (Phi) is 8.07. The zero-order chi connectivity index (χ0) is 27.5. The predicted octanol–water partition coefficient (Wildman–Crippen LogP) is 7.72. The van der Waals surface area contributed by atoms with E-state index in [0.29, 0.717) is 41.4 Å². The lowest BCUT2D eigenvalue weighted by molar-refractivity contribution is 0.134. The van der Waals surface area contributed by atoms with E-state index in [4.69, 9.17) is 17.0 Å². The monoisotopic (exact) mass is 549 g/mol. The van der Waals surface area contributed by atoms with E-state index in [1.807, 2.05) is 60.4 Å². The highest BCUT2D eigenvalue weighted by Crippen LogP contribution is 2.33. The molecule has 1 saturated carbocycles. The van der Waals surface area contributed by atoms with Crippen molar-refractivity contribution in [1.82, 2.24) is 4.90 Å². The van der Waals surface area contributed by atoms with Gasteiger partial charge in [-0.15, -0.1) is 0 Å². The zero-order valence-electron chi connectivity index (χ0n) is 22.1. The minimum atomic E-state index is -2.67. The molecule has 8 heteroatoms. The molecule has 1 aliphatic heterocycles. The number of halogens is 3. The van der Waals surface area contributed by atoms with Crippen LogP contribution in [0.5, 0.6) is 0 Å². The number of hydrogen-bond donors (Lipinski definition) is 3. The van der Waals surface area contributed by atoms with Gasteiger partial charge in [0.05, 0.1) is 11.4 Å². The SMILES string of the molecule is C=C(N1CCC(Nc2ccc(C(=N)c3cccc(Cl)c3)c(NC3CC3)c2)CC1)N(c1ccccc1C)C(F)F. The minimum absolute atomic E-state index is 0.208. The third kappa shape index (κ3) is 6.36. The highest BCUT2D eigenvalue weighted by atomic mass is 35.5. The Morgan fingerprint density at radius 1 is 0.974 bits per heavy atom. The molecule has 5 nitrogen and oxygen atoms in total. The van der Waals surface area contributed by atoms with Gasteiger partial charge in [-0.2, -0.15) is 8.78 Å². The summed E-state index contributed by atoms with van der Waals surface area (Å²) in [5.41, 5.74) is 5.23. The average Bonchev–Trinajstić information content (AvgIpc) is 3.74. The average molecular weight is 550 g/mol. The first-order valence-electron chi connectivity index (χ1n) is 13.4. The molecule has 1 aliphatic carbocycles. The fraction of sp³-hybridized carbons (Fsp3) is 0.323. The minimum Gasteiger partial charge on any atom is -0.382 e. The van der Waals surface area contributed by atoms with Crippen molar-refractivity contribution >= 4 is 34.4 Å². The number of nitrogens with one attached hydrogen (secondary N) is 3. The van der Waals surface area contributed by atoms with Crippen LogP contribution in [0, 0.1) is 12.3 Å². The number of alkyl halides is 2. The van der Waals surface area contributed by atoms with Gasteiger partial charge in [0.25, 0.3) is 0 Å². The van der Waals surface area contributed by atoms with Crippen molar-refractivity contribution < 1.29 is 8.78 Å². The van der Waals surface area contributed by atoms with Gasteiger partial charge in [-0.3, -0.25) is 10.3 Å². The molecule has 5 rings (SSSR count). The molecular formula is C31H34ClF2N5. The van der Waals surface area contributed by atoms with Gasteiger partial charge in [-0.25, -0.2) is 0 Å². The van der Waals surface area contributed by atoms with Crippen molar-refractivity contribution in [2.45, 2.75) is 51.2 Å². The third-order valence-corrected chi connectivity index (χ3v) is 7.65. The molecule has 3 aromatic carbocycles. The Balaban J connectivity index is 1.25. The molecule has 1 saturated heterocycles. The smallest absolute Gasteiger partial charge is 0.320 e. The van der Waals surface area contributed by atoms with Crippen LogP contribution in [0.4, 0.5) is 25.8 Å². The molecule has 39 heavy (non-hydrogen) atoms. The molecule has 0 bridgehead atoms. The summed E-state index contributed by atoms with van der Waals surface area (Å²) in [5, 5.41) is 16.6. The lowest BCUT2D eigenvalue weighted by Gasteiger charge is -2.40. The number of anilines is 3. The Bertz CT molecular complexity index is 1350. The Hall–Kier alpha value is -3.58. The topological polar surface area (TPSA) is 54.4 Å². The number of rotatable bonds is 10. The molecule has 0 spiro atoms. The van der Waals surface area contributed by atoms with Gasteiger partial charge in [-0.1, -0.05) is 48.5 Å². The molecule has 0 atom stereocenters. The molecule has 0 radical (unpaired) electrons. The summed E-state index contributed by atoms with van der Waals surface area (Å²) in [5.74, 6) is 0.331. The Labute approximate surface area is 234 Å². The summed E-state index contributed by atoms with van der Waals surface area (Å²) in [7, 11) is 0. The Morgan fingerprint density at radius 2 is 1.69 bits per heavy atom. The van der Waals surface area contributed by atoms with E-state index in [9.17, 15) is 8.78 Å². The van der Waals surface area contributed by atoms with E-state index in [1.54, 1.807) is 12.1 Å². The number of hydrogen-bond acceptors (Lipinski definition) is 5. The van der Waals surface area contributed by atoms with Gasteiger partial charge in [0, 0.05) is 52.7 Å². The largest absolute Gasteiger partial charge is 0.382 e. The summed E-state index contributed by atoms with van der Waals surface area (Å²) in [6, 6.07) is 21.3. The van der Waals surface area contributed by atoms with Crippen molar-refractivity contribution in [2.75, 3.05) is 28.6 Å². The molecule has 0 amide bonds. The summed E-state index contributed by atoms with van der Waals surface area (Å²) in [6.45, 7) is 4.48.